The molecule has 1 N–H and O–H groups in total. The molecule has 3 nitrogen and oxygen atoms in total. The molecule has 0 saturated heterocycles. The van der Waals surface area contributed by atoms with Gasteiger partial charge in [0.25, 0.3) is 0 Å². The van der Waals surface area contributed by atoms with Crippen molar-refractivity contribution in [2.24, 2.45) is 5.41 Å². The van der Waals surface area contributed by atoms with E-state index in [1.807, 2.05) is 43.3 Å². The monoisotopic (exact) mass is 288 g/mol. The lowest BCUT2D eigenvalue weighted by molar-refractivity contribution is -0.127. The number of carbonyl (C=O) groups is 1. The first-order chi connectivity index (χ1) is 10.1. The van der Waals surface area contributed by atoms with Crippen LogP contribution in [-0.2, 0) is 16.1 Å². The highest BCUT2D eigenvalue weighted by Gasteiger charge is 2.32. The first-order valence-electron chi connectivity index (χ1n) is 7.62. The van der Waals surface area contributed by atoms with Gasteiger partial charge in [-0.05, 0) is 25.3 Å². The van der Waals surface area contributed by atoms with Crippen molar-refractivity contribution < 1.29 is 14.6 Å². The SMILES string of the molecule is C[C@@]1(/C=C/[C@@H](O)COCc2ccccc2)CCCCC1=O. The zero-order valence-corrected chi connectivity index (χ0v) is 12.6. The van der Waals surface area contributed by atoms with E-state index in [1.54, 1.807) is 6.08 Å². The number of allylic oxidation sites excluding steroid dienone is 1. The third kappa shape index (κ3) is 4.80. The summed E-state index contributed by atoms with van der Waals surface area (Å²) in [5.41, 5.74) is 0.682. The molecule has 21 heavy (non-hydrogen) atoms. The molecule has 1 aliphatic carbocycles. The molecular weight excluding hydrogens is 264 g/mol. The van der Waals surface area contributed by atoms with Crippen LogP contribution in [0.3, 0.4) is 0 Å². The third-order valence-electron chi connectivity index (χ3n) is 4.07. The Balaban J connectivity index is 1.77. The number of hydrogen-bond acceptors (Lipinski definition) is 3. The maximum Gasteiger partial charge on any atom is 0.142 e. The first kappa shape index (κ1) is 15.9. The Bertz CT molecular complexity index is 480. The number of Topliss-reactive ketones (excluding diaryl/α,β-unsaturated/α-hetero) is 1. The molecular formula is C18H24O3. The van der Waals surface area contributed by atoms with Crippen LogP contribution in [0.4, 0.5) is 0 Å². The van der Waals surface area contributed by atoms with Gasteiger partial charge in [0.15, 0.2) is 0 Å². The summed E-state index contributed by atoms with van der Waals surface area (Å²) < 4.78 is 5.49. The van der Waals surface area contributed by atoms with Crippen molar-refractivity contribution in [3.05, 3.63) is 48.0 Å². The van der Waals surface area contributed by atoms with Gasteiger partial charge in [0.2, 0.25) is 0 Å². The topological polar surface area (TPSA) is 46.5 Å². The zero-order valence-electron chi connectivity index (χ0n) is 12.6. The molecule has 0 unspecified atom stereocenters. The molecule has 0 radical (unpaired) electrons. The van der Waals surface area contributed by atoms with Crippen molar-refractivity contribution in [1.82, 2.24) is 0 Å². The first-order valence-corrected chi connectivity index (χ1v) is 7.62. The average Bonchev–Trinajstić information content (AvgIpc) is 2.50. The van der Waals surface area contributed by atoms with Crippen molar-refractivity contribution in [2.75, 3.05) is 6.61 Å². The second-order valence-corrected chi connectivity index (χ2v) is 5.97. The molecule has 0 heterocycles. The van der Waals surface area contributed by atoms with Gasteiger partial charge in [0.05, 0.1) is 19.3 Å². The average molecular weight is 288 g/mol. The predicted octanol–water partition coefficient (Wildman–Crippen LogP) is 3.27. The Hall–Kier alpha value is -1.45. The van der Waals surface area contributed by atoms with Crippen LogP contribution in [-0.4, -0.2) is 23.6 Å². The largest absolute Gasteiger partial charge is 0.387 e. The minimum atomic E-state index is -0.666. The van der Waals surface area contributed by atoms with Crippen LogP contribution in [0, 0.1) is 5.41 Å². The van der Waals surface area contributed by atoms with Gasteiger partial charge in [-0.25, -0.2) is 0 Å². The van der Waals surface area contributed by atoms with Gasteiger partial charge in [-0.1, -0.05) is 48.9 Å². The lowest BCUT2D eigenvalue weighted by Gasteiger charge is -2.29. The fourth-order valence-corrected chi connectivity index (χ4v) is 2.63. The minimum Gasteiger partial charge on any atom is -0.387 e. The quantitative estimate of drug-likeness (QED) is 0.817. The molecule has 114 valence electrons. The van der Waals surface area contributed by atoms with E-state index >= 15 is 0 Å². The van der Waals surface area contributed by atoms with Gasteiger partial charge in [-0.3, -0.25) is 4.79 Å². The zero-order chi connectivity index (χ0) is 15.1. The molecule has 0 amide bonds. The van der Waals surface area contributed by atoms with Crippen LogP contribution in [0.1, 0.15) is 38.2 Å². The molecule has 1 aromatic rings. The van der Waals surface area contributed by atoms with E-state index in [-0.39, 0.29) is 12.4 Å². The second kappa shape index (κ2) is 7.53. The van der Waals surface area contributed by atoms with Crippen LogP contribution in [0.2, 0.25) is 0 Å². The minimum absolute atomic E-state index is 0.246. The Morgan fingerprint density at radius 1 is 1.33 bits per heavy atom. The molecule has 1 saturated carbocycles. The van der Waals surface area contributed by atoms with Gasteiger partial charge in [-0.2, -0.15) is 0 Å². The molecule has 1 fully saturated rings. The highest BCUT2D eigenvalue weighted by Crippen LogP contribution is 2.34. The standard InChI is InChI=1S/C18H24O3/c1-18(11-6-5-9-17(18)20)12-10-16(19)14-21-13-15-7-3-2-4-8-15/h2-4,7-8,10,12,16,19H,5-6,9,11,13-14H2,1H3/b12-10+/t16-,18+/m1/s1. The van der Waals surface area contributed by atoms with E-state index in [9.17, 15) is 9.90 Å². The van der Waals surface area contributed by atoms with Gasteiger partial charge in [0.1, 0.15) is 5.78 Å². The highest BCUT2D eigenvalue weighted by molar-refractivity contribution is 5.86. The lowest BCUT2D eigenvalue weighted by atomic mass is 9.74. The van der Waals surface area contributed by atoms with Gasteiger partial charge < -0.3 is 9.84 Å². The molecule has 1 aliphatic rings. The fourth-order valence-electron chi connectivity index (χ4n) is 2.63. The van der Waals surface area contributed by atoms with E-state index in [0.29, 0.717) is 13.0 Å². The van der Waals surface area contributed by atoms with E-state index in [2.05, 4.69) is 0 Å². The molecule has 0 spiro atoms. The number of carbonyl (C=O) groups excluding carboxylic acids is 1. The van der Waals surface area contributed by atoms with Crippen molar-refractivity contribution >= 4 is 5.78 Å². The summed E-state index contributed by atoms with van der Waals surface area (Å²) in [6.45, 7) is 2.69. The summed E-state index contributed by atoms with van der Waals surface area (Å²) in [6, 6.07) is 9.87. The van der Waals surface area contributed by atoms with Gasteiger partial charge in [-0.15, -0.1) is 0 Å². The Kier molecular flexibility index (Phi) is 5.71. The number of ether oxygens (including phenoxy) is 1. The number of ketones is 1. The summed E-state index contributed by atoms with van der Waals surface area (Å²) in [5, 5.41) is 9.94. The Morgan fingerprint density at radius 2 is 2.10 bits per heavy atom. The van der Waals surface area contributed by atoms with Crippen LogP contribution in [0.15, 0.2) is 42.5 Å². The second-order valence-electron chi connectivity index (χ2n) is 5.97. The lowest BCUT2D eigenvalue weighted by Crippen LogP contribution is -2.29. The fraction of sp³-hybridized carbons (Fsp3) is 0.500. The number of benzene rings is 1. The van der Waals surface area contributed by atoms with Crippen molar-refractivity contribution in [3.63, 3.8) is 0 Å². The predicted molar refractivity (Wildman–Crippen MR) is 82.8 cm³/mol. The molecule has 3 heteroatoms. The smallest absolute Gasteiger partial charge is 0.142 e. The normalized spacial score (nSPS) is 24.4. The van der Waals surface area contributed by atoms with Crippen LogP contribution in [0.5, 0.6) is 0 Å². The molecule has 0 aromatic heterocycles. The van der Waals surface area contributed by atoms with Gasteiger partial charge in [0, 0.05) is 11.8 Å². The van der Waals surface area contributed by atoms with Crippen LogP contribution in [0.25, 0.3) is 0 Å². The maximum absolute atomic E-state index is 12.0. The summed E-state index contributed by atoms with van der Waals surface area (Å²) >= 11 is 0. The summed E-state index contributed by atoms with van der Waals surface area (Å²) in [5.74, 6) is 0.280. The number of rotatable bonds is 6. The molecule has 0 bridgehead atoms. The van der Waals surface area contributed by atoms with Crippen molar-refractivity contribution in [1.29, 1.82) is 0 Å². The van der Waals surface area contributed by atoms with E-state index < -0.39 is 11.5 Å². The van der Waals surface area contributed by atoms with E-state index in [4.69, 9.17) is 4.74 Å². The maximum atomic E-state index is 12.0. The van der Waals surface area contributed by atoms with Gasteiger partial charge >= 0.3 is 0 Å². The van der Waals surface area contributed by atoms with Crippen molar-refractivity contribution in [3.8, 4) is 0 Å². The van der Waals surface area contributed by atoms with Crippen LogP contribution >= 0.6 is 0 Å². The Labute approximate surface area is 126 Å². The van der Waals surface area contributed by atoms with Crippen LogP contribution < -0.4 is 0 Å². The highest BCUT2D eigenvalue weighted by atomic mass is 16.5. The van der Waals surface area contributed by atoms with E-state index in [1.165, 1.54) is 0 Å². The number of aliphatic hydroxyl groups is 1. The molecule has 1 aromatic carbocycles. The van der Waals surface area contributed by atoms with Crippen molar-refractivity contribution in [2.45, 2.75) is 45.3 Å². The van der Waals surface area contributed by atoms with E-state index in [0.717, 1.165) is 24.8 Å². The third-order valence-corrected chi connectivity index (χ3v) is 4.07. The Morgan fingerprint density at radius 3 is 2.81 bits per heavy atom. The molecule has 2 rings (SSSR count). The molecule has 0 aliphatic heterocycles. The summed E-state index contributed by atoms with van der Waals surface area (Å²) in [7, 11) is 0. The number of hydrogen-bond donors (Lipinski definition) is 1. The summed E-state index contributed by atoms with van der Waals surface area (Å²) in [4.78, 5) is 12.0. The summed E-state index contributed by atoms with van der Waals surface area (Å²) in [6.07, 6.45) is 6.50. The number of aliphatic hydroxyl groups excluding tert-OH is 1. The molecule has 2 atom stereocenters.